The Bertz CT molecular complexity index is 605. The van der Waals surface area contributed by atoms with Crippen LogP contribution in [0.15, 0.2) is 18.2 Å². The van der Waals surface area contributed by atoms with Crippen molar-refractivity contribution < 1.29 is 9.47 Å². The van der Waals surface area contributed by atoms with Gasteiger partial charge in [0, 0.05) is 19.2 Å². The topological polar surface area (TPSA) is 62.3 Å². The third-order valence-electron chi connectivity index (χ3n) is 3.40. The SMILES string of the molecule is COc1cc(COc2c(C)nn(C)c2C)ccc1CN. The molecule has 0 amide bonds. The van der Waals surface area contributed by atoms with Gasteiger partial charge in [0.05, 0.1) is 12.8 Å². The quantitative estimate of drug-likeness (QED) is 0.907. The minimum atomic E-state index is 0.463. The number of aromatic nitrogens is 2. The summed E-state index contributed by atoms with van der Waals surface area (Å²) in [7, 11) is 3.56. The molecule has 0 radical (unpaired) electrons. The van der Waals surface area contributed by atoms with Gasteiger partial charge in [0.25, 0.3) is 0 Å². The van der Waals surface area contributed by atoms with E-state index in [1.165, 1.54) is 0 Å². The highest BCUT2D eigenvalue weighted by molar-refractivity contribution is 5.38. The van der Waals surface area contributed by atoms with Gasteiger partial charge < -0.3 is 15.2 Å². The van der Waals surface area contributed by atoms with Crippen LogP contribution in [-0.4, -0.2) is 16.9 Å². The van der Waals surface area contributed by atoms with E-state index < -0.39 is 0 Å². The molecule has 0 saturated carbocycles. The number of rotatable bonds is 5. The van der Waals surface area contributed by atoms with Crippen molar-refractivity contribution in [1.82, 2.24) is 9.78 Å². The molecule has 1 heterocycles. The highest BCUT2D eigenvalue weighted by Gasteiger charge is 2.11. The smallest absolute Gasteiger partial charge is 0.163 e. The van der Waals surface area contributed by atoms with E-state index in [0.29, 0.717) is 13.2 Å². The first kappa shape index (κ1) is 14.4. The molecule has 0 aliphatic rings. The number of nitrogens with two attached hydrogens (primary N) is 1. The molecule has 0 saturated heterocycles. The number of nitrogens with zero attached hydrogens (tertiary/aromatic N) is 2. The van der Waals surface area contributed by atoms with Crippen molar-refractivity contribution in [3.63, 3.8) is 0 Å². The lowest BCUT2D eigenvalue weighted by molar-refractivity contribution is 0.300. The fourth-order valence-electron chi connectivity index (χ4n) is 2.17. The summed E-state index contributed by atoms with van der Waals surface area (Å²) in [6, 6.07) is 5.94. The Hall–Kier alpha value is -2.01. The van der Waals surface area contributed by atoms with Gasteiger partial charge in [0.2, 0.25) is 0 Å². The monoisotopic (exact) mass is 275 g/mol. The summed E-state index contributed by atoms with van der Waals surface area (Å²) in [5.74, 6) is 1.64. The van der Waals surface area contributed by atoms with Gasteiger partial charge in [-0.3, -0.25) is 4.68 Å². The standard InChI is InChI=1S/C15H21N3O2/c1-10-15(11(2)18(3)17-10)20-9-12-5-6-13(8-16)14(7-12)19-4/h5-7H,8-9,16H2,1-4H3. The third-order valence-corrected chi connectivity index (χ3v) is 3.40. The second kappa shape index (κ2) is 5.96. The van der Waals surface area contributed by atoms with Crippen molar-refractivity contribution in [1.29, 1.82) is 0 Å². The summed E-state index contributed by atoms with van der Waals surface area (Å²) in [5.41, 5.74) is 9.62. The molecule has 0 aliphatic heterocycles. The average molecular weight is 275 g/mol. The number of benzene rings is 1. The fourth-order valence-corrected chi connectivity index (χ4v) is 2.17. The lowest BCUT2D eigenvalue weighted by Crippen LogP contribution is -2.02. The van der Waals surface area contributed by atoms with Crippen LogP contribution in [0, 0.1) is 13.8 Å². The first-order valence-corrected chi connectivity index (χ1v) is 6.55. The van der Waals surface area contributed by atoms with Gasteiger partial charge in [-0.1, -0.05) is 12.1 Å². The Morgan fingerprint density at radius 1 is 1.30 bits per heavy atom. The first-order chi connectivity index (χ1) is 9.56. The maximum absolute atomic E-state index is 5.88. The summed E-state index contributed by atoms with van der Waals surface area (Å²) in [5, 5.41) is 4.33. The van der Waals surface area contributed by atoms with Gasteiger partial charge in [-0.05, 0) is 25.5 Å². The van der Waals surface area contributed by atoms with Crippen molar-refractivity contribution in [2.75, 3.05) is 7.11 Å². The summed E-state index contributed by atoms with van der Waals surface area (Å²) < 4.78 is 13.0. The Balaban J connectivity index is 2.15. The van der Waals surface area contributed by atoms with Crippen molar-refractivity contribution in [3.05, 3.63) is 40.7 Å². The molecule has 5 heteroatoms. The zero-order valence-corrected chi connectivity index (χ0v) is 12.4. The van der Waals surface area contributed by atoms with Crippen molar-refractivity contribution in [2.45, 2.75) is 27.0 Å². The zero-order valence-electron chi connectivity index (χ0n) is 12.4. The summed E-state index contributed by atoms with van der Waals surface area (Å²) in [6.45, 7) is 4.88. The number of methoxy groups -OCH3 is 1. The van der Waals surface area contributed by atoms with Gasteiger partial charge in [0.15, 0.2) is 5.75 Å². The number of ether oxygens (including phenoxy) is 2. The second-order valence-corrected chi connectivity index (χ2v) is 4.76. The van der Waals surface area contributed by atoms with E-state index in [9.17, 15) is 0 Å². The molecule has 1 aromatic carbocycles. The molecule has 20 heavy (non-hydrogen) atoms. The molecule has 0 unspecified atom stereocenters. The van der Waals surface area contributed by atoms with Crippen molar-refractivity contribution in [3.8, 4) is 11.5 Å². The molecular formula is C15H21N3O2. The Morgan fingerprint density at radius 3 is 2.60 bits per heavy atom. The van der Waals surface area contributed by atoms with E-state index in [0.717, 1.165) is 34.0 Å². The Kier molecular flexibility index (Phi) is 4.29. The van der Waals surface area contributed by atoms with Crippen LogP contribution in [0.3, 0.4) is 0 Å². The van der Waals surface area contributed by atoms with E-state index in [4.69, 9.17) is 15.2 Å². The van der Waals surface area contributed by atoms with Crippen LogP contribution in [0.1, 0.15) is 22.5 Å². The van der Waals surface area contributed by atoms with E-state index in [1.54, 1.807) is 7.11 Å². The normalized spacial score (nSPS) is 10.7. The first-order valence-electron chi connectivity index (χ1n) is 6.55. The van der Waals surface area contributed by atoms with Gasteiger partial charge in [-0.15, -0.1) is 0 Å². The molecule has 0 spiro atoms. The predicted molar refractivity (Wildman–Crippen MR) is 77.9 cm³/mol. The molecular weight excluding hydrogens is 254 g/mol. The van der Waals surface area contributed by atoms with Crippen LogP contribution in [0.25, 0.3) is 0 Å². The lowest BCUT2D eigenvalue weighted by atomic mass is 10.1. The molecule has 1 aromatic heterocycles. The van der Waals surface area contributed by atoms with Crippen LogP contribution < -0.4 is 15.2 Å². The highest BCUT2D eigenvalue weighted by atomic mass is 16.5. The van der Waals surface area contributed by atoms with Crippen LogP contribution in [0.2, 0.25) is 0 Å². The Labute approximate surface area is 119 Å². The van der Waals surface area contributed by atoms with Gasteiger partial charge in [-0.25, -0.2) is 0 Å². The van der Waals surface area contributed by atoms with Gasteiger partial charge >= 0.3 is 0 Å². The summed E-state index contributed by atoms with van der Waals surface area (Å²) in [4.78, 5) is 0. The largest absolute Gasteiger partial charge is 0.496 e. The lowest BCUT2D eigenvalue weighted by Gasteiger charge is -2.10. The minimum absolute atomic E-state index is 0.463. The van der Waals surface area contributed by atoms with Crippen LogP contribution in [0.5, 0.6) is 11.5 Å². The molecule has 2 N–H and O–H groups in total. The van der Waals surface area contributed by atoms with E-state index in [1.807, 2.05) is 43.8 Å². The molecule has 0 bridgehead atoms. The maximum atomic E-state index is 5.88. The molecule has 5 nitrogen and oxygen atoms in total. The maximum Gasteiger partial charge on any atom is 0.163 e. The average Bonchev–Trinajstić information content (AvgIpc) is 2.70. The number of hydrogen-bond donors (Lipinski definition) is 1. The zero-order chi connectivity index (χ0) is 14.7. The molecule has 2 rings (SSSR count). The van der Waals surface area contributed by atoms with Crippen molar-refractivity contribution >= 4 is 0 Å². The van der Waals surface area contributed by atoms with E-state index >= 15 is 0 Å². The van der Waals surface area contributed by atoms with Gasteiger partial charge in [-0.2, -0.15) is 5.10 Å². The van der Waals surface area contributed by atoms with Crippen LogP contribution in [-0.2, 0) is 20.2 Å². The minimum Gasteiger partial charge on any atom is -0.496 e. The van der Waals surface area contributed by atoms with Gasteiger partial charge in [0.1, 0.15) is 18.1 Å². The molecule has 0 fully saturated rings. The predicted octanol–water partition coefficient (Wildman–Crippen LogP) is 2.08. The fraction of sp³-hybridized carbons (Fsp3) is 0.400. The van der Waals surface area contributed by atoms with Crippen molar-refractivity contribution in [2.24, 2.45) is 12.8 Å². The van der Waals surface area contributed by atoms with Crippen LogP contribution >= 0.6 is 0 Å². The second-order valence-electron chi connectivity index (χ2n) is 4.76. The number of aryl methyl sites for hydroxylation is 2. The van der Waals surface area contributed by atoms with E-state index in [2.05, 4.69) is 5.10 Å². The van der Waals surface area contributed by atoms with Crippen LogP contribution in [0.4, 0.5) is 0 Å². The third kappa shape index (κ3) is 2.77. The molecule has 108 valence electrons. The van der Waals surface area contributed by atoms with E-state index in [-0.39, 0.29) is 0 Å². The molecule has 2 aromatic rings. The number of hydrogen-bond acceptors (Lipinski definition) is 4. The summed E-state index contributed by atoms with van der Waals surface area (Å²) >= 11 is 0. The highest BCUT2D eigenvalue weighted by Crippen LogP contribution is 2.24. The molecule has 0 aliphatic carbocycles. The summed E-state index contributed by atoms with van der Waals surface area (Å²) in [6.07, 6.45) is 0. The molecule has 0 atom stereocenters. The Morgan fingerprint density at radius 2 is 2.05 bits per heavy atom.